The third kappa shape index (κ3) is 2.89. The lowest BCUT2D eigenvalue weighted by Gasteiger charge is -1.98. The minimum Gasteiger partial charge on any atom is -0.466 e. The standard InChI is InChI=1S/C11H11ClO2/c1-8-3-4-9(7-10(8)12)5-6-11(13)14-2/h3-7H,1-2H3/b6-5-. The molecular formula is C11H11ClO2. The van der Waals surface area contributed by atoms with E-state index < -0.39 is 0 Å². The van der Waals surface area contributed by atoms with E-state index in [1.165, 1.54) is 13.2 Å². The summed E-state index contributed by atoms with van der Waals surface area (Å²) in [5, 5.41) is 0.692. The predicted molar refractivity (Wildman–Crippen MR) is 57.2 cm³/mol. The van der Waals surface area contributed by atoms with Gasteiger partial charge in [0.2, 0.25) is 0 Å². The molecule has 0 aromatic heterocycles. The van der Waals surface area contributed by atoms with Crippen LogP contribution in [-0.4, -0.2) is 13.1 Å². The maximum absolute atomic E-state index is 10.8. The van der Waals surface area contributed by atoms with E-state index in [0.29, 0.717) is 5.02 Å². The normalized spacial score (nSPS) is 10.5. The highest BCUT2D eigenvalue weighted by molar-refractivity contribution is 6.31. The highest BCUT2D eigenvalue weighted by atomic mass is 35.5. The summed E-state index contributed by atoms with van der Waals surface area (Å²) in [5.41, 5.74) is 1.90. The molecule has 1 aromatic carbocycles. The minimum absolute atomic E-state index is 0.373. The van der Waals surface area contributed by atoms with Gasteiger partial charge in [0.1, 0.15) is 0 Å². The SMILES string of the molecule is COC(=O)/C=C\c1ccc(C)c(Cl)c1. The maximum Gasteiger partial charge on any atom is 0.330 e. The van der Waals surface area contributed by atoms with E-state index in [0.717, 1.165) is 11.1 Å². The van der Waals surface area contributed by atoms with Crippen LogP contribution >= 0.6 is 11.6 Å². The van der Waals surface area contributed by atoms with Gasteiger partial charge in [-0.05, 0) is 30.2 Å². The Labute approximate surface area is 88.1 Å². The first kappa shape index (κ1) is 10.8. The average Bonchev–Trinajstić information content (AvgIpc) is 2.19. The molecule has 74 valence electrons. The van der Waals surface area contributed by atoms with Crippen molar-refractivity contribution >= 4 is 23.6 Å². The van der Waals surface area contributed by atoms with E-state index in [1.807, 2.05) is 19.1 Å². The van der Waals surface area contributed by atoms with Crippen molar-refractivity contribution in [3.63, 3.8) is 0 Å². The van der Waals surface area contributed by atoms with E-state index in [2.05, 4.69) is 4.74 Å². The maximum atomic E-state index is 10.8. The van der Waals surface area contributed by atoms with Crippen LogP contribution in [0.15, 0.2) is 24.3 Å². The van der Waals surface area contributed by atoms with Gasteiger partial charge in [0.25, 0.3) is 0 Å². The molecule has 0 saturated heterocycles. The number of ether oxygens (including phenoxy) is 1. The van der Waals surface area contributed by atoms with E-state index >= 15 is 0 Å². The van der Waals surface area contributed by atoms with E-state index in [4.69, 9.17) is 11.6 Å². The second kappa shape index (κ2) is 4.82. The molecule has 0 radical (unpaired) electrons. The number of methoxy groups -OCH3 is 1. The Kier molecular flexibility index (Phi) is 3.72. The molecule has 0 aliphatic carbocycles. The van der Waals surface area contributed by atoms with Crippen LogP contribution in [0.3, 0.4) is 0 Å². The number of benzene rings is 1. The lowest BCUT2D eigenvalue weighted by molar-refractivity contribution is -0.134. The molecule has 14 heavy (non-hydrogen) atoms. The first-order valence-corrected chi connectivity index (χ1v) is 4.53. The number of esters is 1. The zero-order valence-corrected chi connectivity index (χ0v) is 8.84. The third-order valence-corrected chi connectivity index (χ3v) is 2.22. The number of hydrogen-bond donors (Lipinski definition) is 0. The van der Waals surface area contributed by atoms with E-state index in [1.54, 1.807) is 12.1 Å². The second-order valence-corrected chi connectivity index (χ2v) is 3.27. The number of rotatable bonds is 2. The molecule has 0 heterocycles. The molecule has 0 N–H and O–H groups in total. The smallest absolute Gasteiger partial charge is 0.330 e. The Morgan fingerprint density at radius 2 is 2.21 bits per heavy atom. The van der Waals surface area contributed by atoms with Gasteiger partial charge in [-0.25, -0.2) is 4.79 Å². The lowest BCUT2D eigenvalue weighted by Crippen LogP contribution is -1.93. The Bertz CT molecular complexity index is 370. The average molecular weight is 211 g/mol. The van der Waals surface area contributed by atoms with Crippen molar-refractivity contribution in [1.29, 1.82) is 0 Å². The monoisotopic (exact) mass is 210 g/mol. The Morgan fingerprint density at radius 1 is 1.50 bits per heavy atom. The topological polar surface area (TPSA) is 26.3 Å². The number of hydrogen-bond acceptors (Lipinski definition) is 2. The molecule has 0 aliphatic rings. The summed E-state index contributed by atoms with van der Waals surface area (Å²) in [6, 6.07) is 5.59. The Morgan fingerprint density at radius 3 is 2.79 bits per heavy atom. The van der Waals surface area contributed by atoms with Gasteiger partial charge >= 0.3 is 5.97 Å². The van der Waals surface area contributed by atoms with Gasteiger partial charge in [-0.3, -0.25) is 0 Å². The predicted octanol–water partition coefficient (Wildman–Crippen LogP) is 2.83. The molecular weight excluding hydrogens is 200 g/mol. The zero-order chi connectivity index (χ0) is 10.6. The van der Waals surface area contributed by atoms with Gasteiger partial charge < -0.3 is 4.74 Å². The molecule has 2 nitrogen and oxygen atoms in total. The highest BCUT2D eigenvalue weighted by Gasteiger charge is 1.96. The fraction of sp³-hybridized carbons (Fsp3) is 0.182. The van der Waals surface area contributed by atoms with Gasteiger partial charge in [0.15, 0.2) is 0 Å². The van der Waals surface area contributed by atoms with Crippen molar-refractivity contribution in [1.82, 2.24) is 0 Å². The van der Waals surface area contributed by atoms with Crippen LogP contribution in [0, 0.1) is 6.92 Å². The molecule has 1 aromatic rings. The van der Waals surface area contributed by atoms with Crippen molar-refractivity contribution in [3.8, 4) is 0 Å². The molecule has 0 saturated carbocycles. The van der Waals surface area contributed by atoms with Crippen molar-refractivity contribution in [2.45, 2.75) is 6.92 Å². The molecule has 0 bridgehead atoms. The summed E-state index contributed by atoms with van der Waals surface area (Å²) in [6.45, 7) is 1.93. The molecule has 0 unspecified atom stereocenters. The van der Waals surface area contributed by atoms with Gasteiger partial charge in [0.05, 0.1) is 7.11 Å². The van der Waals surface area contributed by atoms with Crippen molar-refractivity contribution in [2.75, 3.05) is 7.11 Å². The van der Waals surface area contributed by atoms with Crippen LogP contribution < -0.4 is 0 Å². The molecule has 0 spiro atoms. The Hall–Kier alpha value is -1.28. The number of halogens is 1. The van der Waals surface area contributed by atoms with Gasteiger partial charge in [0, 0.05) is 11.1 Å². The van der Waals surface area contributed by atoms with Crippen LogP contribution in [0.2, 0.25) is 5.02 Å². The van der Waals surface area contributed by atoms with Crippen LogP contribution in [0.5, 0.6) is 0 Å². The minimum atomic E-state index is -0.373. The quantitative estimate of drug-likeness (QED) is 0.554. The summed E-state index contributed by atoms with van der Waals surface area (Å²) in [7, 11) is 1.34. The summed E-state index contributed by atoms with van der Waals surface area (Å²) in [6.07, 6.45) is 3.03. The second-order valence-electron chi connectivity index (χ2n) is 2.87. The van der Waals surface area contributed by atoms with Crippen LogP contribution in [0.4, 0.5) is 0 Å². The first-order valence-electron chi connectivity index (χ1n) is 4.15. The number of aryl methyl sites for hydroxylation is 1. The number of carbonyl (C=O) groups is 1. The summed E-state index contributed by atoms with van der Waals surface area (Å²) in [4.78, 5) is 10.8. The van der Waals surface area contributed by atoms with Crippen molar-refractivity contribution in [2.24, 2.45) is 0 Å². The molecule has 0 atom stereocenters. The molecule has 0 amide bonds. The molecule has 0 fully saturated rings. The molecule has 1 rings (SSSR count). The fourth-order valence-corrected chi connectivity index (χ4v) is 1.13. The largest absolute Gasteiger partial charge is 0.466 e. The van der Waals surface area contributed by atoms with Gasteiger partial charge in [-0.1, -0.05) is 23.7 Å². The van der Waals surface area contributed by atoms with E-state index in [9.17, 15) is 4.79 Å². The Balaban J connectivity index is 2.83. The summed E-state index contributed by atoms with van der Waals surface area (Å²) in [5.74, 6) is -0.373. The highest BCUT2D eigenvalue weighted by Crippen LogP contribution is 2.17. The van der Waals surface area contributed by atoms with Crippen molar-refractivity contribution in [3.05, 3.63) is 40.4 Å². The molecule has 3 heteroatoms. The van der Waals surface area contributed by atoms with Crippen LogP contribution in [0.25, 0.3) is 6.08 Å². The summed E-state index contributed by atoms with van der Waals surface area (Å²) < 4.78 is 4.47. The molecule has 0 aliphatic heterocycles. The summed E-state index contributed by atoms with van der Waals surface area (Å²) >= 11 is 5.91. The number of carbonyl (C=O) groups excluding carboxylic acids is 1. The fourth-order valence-electron chi connectivity index (χ4n) is 0.945. The van der Waals surface area contributed by atoms with E-state index in [-0.39, 0.29) is 5.97 Å². The first-order chi connectivity index (χ1) is 6.63. The zero-order valence-electron chi connectivity index (χ0n) is 8.08. The van der Waals surface area contributed by atoms with Gasteiger partial charge in [-0.2, -0.15) is 0 Å². The van der Waals surface area contributed by atoms with Gasteiger partial charge in [-0.15, -0.1) is 0 Å². The third-order valence-electron chi connectivity index (χ3n) is 1.81. The van der Waals surface area contributed by atoms with Crippen LogP contribution in [0.1, 0.15) is 11.1 Å². The van der Waals surface area contributed by atoms with Crippen LogP contribution in [-0.2, 0) is 9.53 Å². The lowest BCUT2D eigenvalue weighted by atomic mass is 10.1. The van der Waals surface area contributed by atoms with Crippen molar-refractivity contribution < 1.29 is 9.53 Å².